The second-order valence-electron chi connectivity index (χ2n) is 15.6. The van der Waals surface area contributed by atoms with Crippen molar-refractivity contribution in [3.63, 3.8) is 0 Å². The van der Waals surface area contributed by atoms with E-state index < -0.39 is 0 Å². The molecule has 3 aromatic heterocycles. The number of furan rings is 1. The maximum absolute atomic E-state index is 6.89. The fourth-order valence-electron chi connectivity index (χ4n) is 9.34. The van der Waals surface area contributed by atoms with Gasteiger partial charge in [0.15, 0.2) is 17.5 Å². The van der Waals surface area contributed by atoms with Gasteiger partial charge in [-0.05, 0) is 86.2 Å². The zero-order valence-electron chi connectivity index (χ0n) is 32.2. The molecule has 3 heterocycles. The molecule has 0 aliphatic rings. The highest BCUT2D eigenvalue weighted by Gasteiger charge is 2.22. The van der Waals surface area contributed by atoms with Gasteiger partial charge in [0.1, 0.15) is 11.2 Å². The van der Waals surface area contributed by atoms with Crippen LogP contribution in [0.5, 0.6) is 0 Å². The number of fused-ring (bicyclic) bond motifs is 12. The minimum atomic E-state index is 0.589. The Morgan fingerprint density at radius 3 is 1.80 bits per heavy atom. The average molecular weight is 765 g/mol. The Bertz CT molecular complexity index is 3900. The van der Waals surface area contributed by atoms with Crippen molar-refractivity contribution in [2.75, 3.05) is 0 Å². The van der Waals surface area contributed by atoms with Gasteiger partial charge in [0.05, 0.1) is 11.0 Å². The minimum absolute atomic E-state index is 0.589. The molecule has 5 nitrogen and oxygen atoms in total. The largest absolute Gasteiger partial charge is 0.455 e. The van der Waals surface area contributed by atoms with Crippen molar-refractivity contribution in [3.05, 3.63) is 194 Å². The van der Waals surface area contributed by atoms with Crippen LogP contribution < -0.4 is 0 Å². The van der Waals surface area contributed by atoms with Crippen LogP contribution in [0.2, 0.25) is 0 Å². The van der Waals surface area contributed by atoms with Gasteiger partial charge in [0.2, 0.25) is 0 Å². The quantitative estimate of drug-likeness (QED) is 0.179. The van der Waals surface area contributed by atoms with E-state index in [0.29, 0.717) is 17.5 Å². The Balaban J connectivity index is 1.11. The number of hydrogen-bond acceptors (Lipinski definition) is 4. The van der Waals surface area contributed by atoms with Gasteiger partial charge < -0.3 is 8.98 Å². The van der Waals surface area contributed by atoms with Gasteiger partial charge >= 0.3 is 0 Å². The molecule has 278 valence electrons. The lowest BCUT2D eigenvalue weighted by molar-refractivity contribution is 0.672. The molecule has 0 atom stereocenters. The first-order valence-electron chi connectivity index (χ1n) is 20.3. The van der Waals surface area contributed by atoms with E-state index in [1.54, 1.807) is 0 Å². The summed E-state index contributed by atoms with van der Waals surface area (Å²) in [6.45, 7) is 0. The van der Waals surface area contributed by atoms with Gasteiger partial charge in [-0.1, -0.05) is 146 Å². The number of rotatable bonds is 4. The number of benzene rings is 10. The molecule has 13 aromatic rings. The van der Waals surface area contributed by atoms with Crippen LogP contribution in [-0.2, 0) is 0 Å². The molecule has 0 amide bonds. The number of aromatic nitrogens is 4. The van der Waals surface area contributed by atoms with Crippen LogP contribution in [0.1, 0.15) is 0 Å². The molecule has 0 aliphatic carbocycles. The lowest BCUT2D eigenvalue weighted by atomic mass is 9.99. The smallest absolute Gasteiger partial charge is 0.164 e. The summed E-state index contributed by atoms with van der Waals surface area (Å²) in [5.74, 6) is 1.82. The van der Waals surface area contributed by atoms with E-state index in [4.69, 9.17) is 19.4 Å². The van der Waals surface area contributed by atoms with Crippen LogP contribution in [0.25, 0.3) is 127 Å². The molecule has 13 rings (SSSR count). The van der Waals surface area contributed by atoms with Crippen molar-refractivity contribution >= 4 is 86.8 Å². The maximum atomic E-state index is 6.89. The first-order valence-corrected chi connectivity index (χ1v) is 20.3. The third kappa shape index (κ3) is 4.96. The van der Waals surface area contributed by atoms with E-state index in [2.05, 4.69) is 180 Å². The Kier molecular flexibility index (Phi) is 6.95. The minimum Gasteiger partial charge on any atom is -0.455 e. The molecular formula is C55H32N4O. The van der Waals surface area contributed by atoms with Gasteiger partial charge in [0.25, 0.3) is 0 Å². The topological polar surface area (TPSA) is 56.7 Å². The number of hydrogen-bond donors (Lipinski definition) is 0. The standard InChI is InChI=1S/C55H32N4O/c1-2-14-35(15-3-1)53-56-54(40-23-22-33-12-4-5-16-36(33)28-40)58-55(57-53)46-30-39-19-9-11-21-43(39)52-51(46)45-32-41(25-27-49(45)60-52)59-47-26-24-34-13-8-10-20-42(34)50(47)44-29-37-17-6-7-18-38(37)31-48(44)59/h1-32H. The molecule has 0 saturated heterocycles. The Morgan fingerprint density at radius 2 is 0.983 bits per heavy atom. The molecule has 5 heteroatoms. The van der Waals surface area contributed by atoms with Gasteiger partial charge in [-0.3, -0.25) is 0 Å². The van der Waals surface area contributed by atoms with Gasteiger partial charge in [-0.25, -0.2) is 15.0 Å². The summed E-state index contributed by atoms with van der Waals surface area (Å²) in [5, 5.41) is 13.7. The summed E-state index contributed by atoms with van der Waals surface area (Å²) in [5.41, 5.74) is 7.71. The van der Waals surface area contributed by atoms with Crippen molar-refractivity contribution < 1.29 is 4.42 Å². The van der Waals surface area contributed by atoms with Crippen molar-refractivity contribution in [3.8, 4) is 39.9 Å². The molecule has 0 N–H and O–H groups in total. The van der Waals surface area contributed by atoms with E-state index in [9.17, 15) is 0 Å². The zero-order valence-corrected chi connectivity index (χ0v) is 32.2. The lowest BCUT2D eigenvalue weighted by Gasteiger charge is -2.11. The second-order valence-corrected chi connectivity index (χ2v) is 15.6. The van der Waals surface area contributed by atoms with Crippen LogP contribution in [0, 0.1) is 0 Å². The summed E-state index contributed by atoms with van der Waals surface area (Å²) in [4.78, 5) is 15.6. The van der Waals surface area contributed by atoms with Crippen molar-refractivity contribution in [2.24, 2.45) is 0 Å². The first-order chi connectivity index (χ1) is 29.7. The third-order valence-electron chi connectivity index (χ3n) is 12.1. The van der Waals surface area contributed by atoms with Crippen molar-refractivity contribution in [1.82, 2.24) is 19.5 Å². The highest BCUT2D eigenvalue weighted by Crippen LogP contribution is 2.44. The SMILES string of the molecule is c1ccc(-c2nc(-c3ccc4ccccc4c3)nc(-c3cc4ccccc4c4oc5ccc(-n6c7cc8ccccc8cc7c7c8ccccc8ccc76)cc5c34)n2)cc1. The molecule has 0 saturated carbocycles. The van der Waals surface area contributed by atoms with E-state index >= 15 is 0 Å². The Labute approximate surface area is 343 Å². The normalized spacial score (nSPS) is 12.0. The zero-order chi connectivity index (χ0) is 39.3. The summed E-state index contributed by atoms with van der Waals surface area (Å²) in [6, 6.07) is 68.7. The van der Waals surface area contributed by atoms with Gasteiger partial charge in [-0.15, -0.1) is 0 Å². The van der Waals surface area contributed by atoms with Crippen LogP contribution in [0.3, 0.4) is 0 Å². The first kappa shape index (κ1) is 32.9. The van der Waals surface area contributed by atoms with Gasteiger partial charge in [-0.2, -0.15) is 0 Å². The Morgan fingerprint density at radius 1 is 0.350 bits per heavy atom. The van der Waals surface area contributed by atoms with E-state index in [-0.39, 0.29) is 0 Å². The van der Waals surface area contributed by atoms with Crippen molar-refractivity contribution in [1.29, 1.82) is 0 Å². The molecule has 0 unspecified atom stereocenters. The second kappa shape index (κ2) is 12.7. The van der Waals surface area contributed by atoms with Crippen LogP contribution in [0.4, 0.5) is 0 Å². The number of nitrogens with zero attached hydrogens (tertiary/aromatic N) is 4. The average Bonchev–Trinajstić information content (AvgIpc) is 3.86. The lowest BCUT2D eigenvalue weighted by Crippen LogP contribution is -2.00. The summed E-state index contributed by atoms with van der Waals surface area (Å²) in [7, 11) is 0. The molecule has 0 aliphatic heterocycles. The van der Waals surface area contributed by atoms with Crippen molar-refractivity contribution in [2.45, 2.75) is 0 Å². The predicted molar refractivity (Wildman–Crippen MR) is 248 cm³/mol. The summed E-state index contributed by atoms with van der Waals surface area (Å²) in [6.07, 6.45) is 0. The summed E-state index contributed by atoms with van der Waals surface area (Å²) >= 11 is 0. The molecular weight excluding hydrogens is 733 g/mol. The van der Waals surface area contributed by atoms with Crippen LogP contribution in [0.15, 0.2) is 199 Å². The molecule has 10 aromatic carbocycles. The highest BCUT2D eigenvalue weighted by atomic mass is 16.3. The monoisotopic (exact) mass is 764 g/mol. The predicted octanol–water partition coefficient (Wildman–Crippen LogP) is 14.5. The fourth-order valence-corrected chi connectivity index (χ4v) is 9.34. The molecule has 0 radical (unpaired) electrons. The molecule has 60 heavy (non-hydrogen) atoms. The van der Waals surface area contributed by atoms with E-state index in [0.717, 1.165) is 71.5 Å². The van der Waals surface area contributed by atoms with Crippen LogP contribution >= 0.6 is 0 Å². The highest BCUT2D eigenvalue weighted by molar-refractivity contribution is 6.24. The maximum Gasteiger partial charge on any atom is 0.164 e. The third-order valence-corrected chi connectivity index (χ3v) is 12.1. The van der Waals surface area contributed by atoms with E-state index in [1.165, 1.54) is 37.7 Å². The molecule has 0 fully saturated rings. The molecule has 0 spiro atoms. The Hall–Kier alpha value is -8.15. The molecule has 0 bridgehead atoms. The van der Waals surface area contributed by atoms with Crippen LogP contribution in [-0.4, -0.2) is 19.5 Å². The van der Waals surface area contributed by atoms with E-state index in [1.807, 2.05) is 18.2 Å². The van der Waals surface area contributed by atoms with Gasteiger partial charge in [0, 0.05) is 49.3 Å². The summed E-state index contributed by atoms with van der Waals surface area (Å²) < 4.78 is 9.30. The fraction of sp³-hybridized carbons (Fsp3) is 0.